The number of benzene rings is 1. The van der Waals surface area contributed by atoms with Crippen molar-refractivity contribution in [1.29, 1.82) is 0 Å². The van der Waals surface area contributed by atoms with Crippen molar-refractivity contribution in [1.82, 2.24) is 25.6 Å². The summed E-state index contributed by atoms with van der Waals surface area (Å²) in [6.07, 6.45) is 0. The van der Waals surface area contributed by atoms with Gasteiger partial charge >= 0.3 is 5.97 Å². The van der Waals surface area contributed by atoms with Gasteiger partial charge < -0.3 is 4.74 Å². The van der Waals surface area contributed by atoms with Crippen LogP contribution in [0.15, 0.2) is 30.3 Å². The van der Waals surface area contributed by atoms with Crippen molar-refractivity contribution in [3.63, 3.8) is 0 Å². The van der Waals surface area contributed by atoms with Gasteiger partial charge in [0, 0.05) is 5.39 Å². The summed E-state index contributed by atoms with van der Waals surface area (Å²) in [6.45, 7) is 0. The third-order valence-corrected chi connectivity index (χ3v) is 2.71. The Morgan fingerprint density at radius 2 is 2.16 bits per heavy atom. The summed E-state index contributed by atoms with van der Waals surface area (Å²) in [5, 5.41) is 14.1. The molecule has 2 aromatic heterocycles. The van der Waals surface area contributed by atoms with Crippen molar-refractivity contribution >= 4 is 16.9 Å². The van der Waals surface area contributed by atoms with Gasteiger partial charge in [-0.3, -0.25) is 0 Å². The molecule has 0 aliphatic carbocycles. The van der Waals surface area contributed by atoms with Gasteiger partial charge in [0.1, 0.15) is 5.69 Å². The highest BCUT2D eigenvalue weighted by atomic mass is 16.5. The molecule has 0 atom stereocenters. The molecule has 0 saturated carbocycles. The summed E-state index contributed by atoms with van der Waals surface area (Å²) in [4.78, 5) is 16.3. The van der Waals surface area contributed by atoms with Crippen LogP contribution in [-0.4, -0.2) is 38.7 Å². The lowest BCUT2D eigenvalue weighted by atomic mass is 10.1. The third kappa shape index (κ3) is 1.90. The molecule has 2 heterocycles. The van der Waals surface area contributed by atoms with Gasteiger partial charge in [-0.2, -0.15) is 0 Å². The van der Waals surface area contributed by atoms with Crippen molar-refractivity contribution < 1.29 is 9.53 Å². The molecule has 3 rings (SSSR count). The number of aromatic amines is 1. The molecule has 0 spiro atoms. The number of pyridine rings is 1. The number of nitrogens with one attached hydrogen (secondary N) is 1. The Hall–Kier alpha value is -2.83. The molecule has 0 bridgehead atoms. The number of para-hydroxylation sites is 1. The van der Waals surface area contributed by atoms with Crippen LogP contribution in [0, 0.1) is 0 Å². The summed E-state index contributed by atoms with van der Waals surface area (Å²) in [5.74, 6) is -0.0248. The average Bonchev–Trinajstić information content (AvgIpc) is 2.99. The van der Waals surface area contributed by atoms with E-state index in [0.717, 1.165) is 5.39 Å². The van der Waals surface area contributed by atoms with E-state index in [-0.39, 0.29) is 0 Å². The van der Waals surface area contributed by atoms with E-state index in [2.05, 4.69) is 25.6 Å². The van der Waals surface area contributed by atoms with E-state index in [1.807, 2.05) is 24.3 Å². The standard InChI is InChI=1S/C12H9N5O2/c1-19-12(18)8-6-10(11-14-16-17-15-11)13-9-5-3-2-4-7(8)9/h2-6H,1H3,(H,14,15,16,17). The molecular formula is C12H9N5O2. The van der Waals surface area contributed by atoms with Gasteiger partial charge in [0.25, 0.3) is 0 Å². The number of H-pyrrole nitrogens is 1. The number of carbonyl (C=O) groups excluding carboxylic acids is 1. The van der Waals surface area contributed by atoms with Crippen LogP contribution in [-0.2, 0) is 4.74 Å². The number of fused-ring (bicyclic) bond motifs is 1. The second-order valence-corrected chi connectivity index (χ2v) is 3.81. The first-order valence-electron chi connectivity index (χ1n) is 5.52. The average molecular weight is 255 g/mol. The van der Waals surface area contributed by atoms with Crippen LogP contribution >= 0.6 is 0 Å². The predicted molar refractivity (Wildman–Crippen MR) is 66.3 cm³/mol. The highest BCUT2D eigenvalue weighted by Crippen LogP contribution is 2.22. The van der Waals surface area contributed by atoms with Crippen molar-refractivity contribution in [2.24, 2.45) is 0 Å². The van der Waals surface area contributed by atoms with E-state index in [1.165, 1.54) is 7.11 Å². The molecule has 7 heteroatoms. The van der Waals surface area contributed by atoms with Gasteiger partial charge in [-0.05, 0) is 22.6 Å². The highest BCUT2D eigenvalue weighted by Gasteiger charge is 2.15. The zero-order valence-corrected chi connectivity index (χ0v) is 9.99. The zero-order valence-electron chi connectivity index (χ0n) is 9.99. The van der Waals surface area contributed by atoms with Gasteiger partial charge in [-0.25, -0.2) is 14.9 Å². The van der Waals surface area contributed by atoms with E-state index in [4.69, 9.17) is 4.74 Å². The molecule has 0 saturated heterocycles. The van der Waals surface area contributed by atoms with Gasteiger partial charge in [0.2, 0.25) is 0 Å². The van der Waals surface area contributed by atoms with Crippen molar-refractivity contribution in [3.05, 3.63) is 35.9 Å². The number of carbonyl (C=O) groups is 1. The van der Waals surface area contributed by atoms with Crippen LogP contribution in [0.3, 0.4) is 0 Å². The minimum absolute atomic E-state index is 0.399. The number of rotatable bonds is 2. The summed E-state index contributed by atoms with van der Waals surface area (Å²) in [5.41, 5.74) is 1.60. The van der Waals surface area contributed by atoms with Crippen LogP contribution in [0.25, 0.3) is 22.4 Å². The van der Waals surface area contributed by atoms with Crippen LogP contribution in [0.4, 0.5) is 0 Å². The van der Waals surface area contributed by atoms with E-state index in [0.29, 0.717) is 22.6 Å². The van der Waals surface area contributed by atoms with E-state index >= 15 is 0 Å². The maximum atomic E-state index is 11.8. The minimum Gasteiger partial charge on any atom is -0.465 e. The Balaban J connectivity index is 2.29. The molecule has 0 fully saturated rings. The second kappa shape index (κ2) is 4.45. The first kappa shape index (κ1) is 11.3. The number of tetrazole rings is 1. The lowest BCUT2D eigenvalue weighted by molar-refractivity contribution is 0.0603. The molecule has 7 nitrogen and oxygen atoms in total. The Bertz CT molecular complexity index is 739. The SMILES string of the molecule is COC(=O)c1cc(-c2nnn[nH]2)nc2ccccc12. The second-order valence-electron chi connectivity index (χ2n) is 3.81. The molecule has 1 N–H and O–H groups in total. The first-order chi connectivity index (χ1) is 9.29. The Kier molecular flexibility index (Phi) is 2.64. The fraction of sp³-hybridized carbons (Fsp3) is 0.0833. The van der Waals surface area contributed by atoms with Gasteiger partial charge in [-0.1, -0.05) is 18.2 Å². The van der Waals surface area contributed by atoms with Crippen LogP contribution in [0.5, 0.6) is 0 Å². The van der Waals surface area contributed by atoms with Crippen LogP contribution in [0.2, 0.25) is 0 Å². The number of aromatic nitrogens is 5. The van der Waals surface area contributed by atoms with Crippen molar-refractivity contribution in [2.45, 2.75) is 0 Å². The lowest BCUT2D eigenvalue weighted by Gasteiger charge is -2.06. The lowest BCUT2D eigenvalue weighted by Crippen LogP contribution is -2.04. The number of esters is 1. The maximum Gasteiger partial charge on any atom is 0.338 e. The number of nitrogens with zero attached hydrogens (tertiary/aromatic N) is 4. The van der Waals surface area contributed by atoms with Crippen molar-refractivity contribution in [2.75, 3.05) is 7.11 Å². The quantitative estimate of drug-likeness (QED) is 0.691. The number of hydrogen-bond donors (Lipinski definition) is 1. The van der Waals surface area contributed by atoms with E-state index in [1.54, 1.807) is 6.07 Å². The van der Waals surface area contributed by atoms with Gasteiger partial charge in [0.05, 0.1) is 18.2 Å². The van der Waals surface area contributed by atoms with Crippen LogP contribution < -0.4 is 0 Å². The topological polar surface area (TPSA) is 93.6 Å². The fourth-order valence-electron chi connectivity index (χ4n) is 1.84. The number of ether oxygens (including phenoxy) is 1. The normalized spacial score (nSPS) is 10.6. The first-order valence-corrected chi connectivity index (χ1v) is 5.52. The summed E-state index contributed by atoms with van der Waals surface area (Å²) in [7, 11) is 1.34. The molecule has 0 aliphatic rings. The molecule has 0 radical (unpaired) electrons. The Morgan fingerprint density at radius 1 is 1.32 bits per heavy atom. The molecule has 0 unspecified atom stereocenters. The zero-order chi connectivity index (χ0) is 13.2. The largest absolute Gasteiger partial charge is 0.465 e. The Labute approximate surface area is 107 Å². The molecule has 0 aliphatic heterocycles. The molecule has 94 valence electrons. The van der Waals surface area contributed by atoms with Gasteiger partial charge in [0.15, 0.2) is 5.82 Å². The minimum atomic E-state index is -0.424. The smallest absolute Gasteiger partial charge is 0.338 e. The summed E-state index contributed by atoms with van der Waals surface area (Å²) >= 11 is 0. The molecule has 3 aromatic rings. The summed E-state index contributed by atoms with van der Waals surface area (Å²) < 4.78 is 4.79. The monoisotopic (exact) mass is 255 g/mol. The molecule has 0 amide bonds. The van der Waals surface area contributed by atoms with E-state index in [9.17, 15) is 4.79 Å². The molecule has 19 heavy (non-hydrogen) atoms. The maximum absolute atomic E-state index is 11.8. The van der Waals surface area contributed by atoms with E-state index < -0.39 is 5.97 Å². The molecular weight excluding hydrogens is 246 g/mol. The van der Waals surface area contributed by atoms with Crippen molar-refractivity contribution in [3.8, 4) is 11.5 Å². The predicted octanol–water partition coefficient (Wildman–Crippen LogP) is 1.20. The highest BCUT2D eigenvalue weighted by molar-refractivity contribution is 6.04. The van der Waals surface area contributed by atoms with Gasteiger partial charge in [-0.15, -0.1) is 5.10 Å². The molecule has 1 aromatic carbocycles. The summed E-state index contributed by atoms with van der Waals surface area (Å²) in [6, 6.07) is 8.92. The van der Waals surface area contributed by atoms with Crippen LogP contribution in [0.1, 0.15) is 10.4 Å². The fourth-order valence-corrected chi connectivity index (χ4v) is 1.84. The number of methoxy groups -OCH3 is 1. The number of hydrogen-bond acceptors (Lipinski definition) is 6. The Morgan fingerprint density at radius 3 is 2.89 bits per heavy atom. The third-order valence-electron chi connectivity index (χ3n) is 2.71.